The summed E-state index contributed by atoms with van der Waals surface area (Å²) in [7, 11) is 0. The monoisotopic (exact) mass is 291 g/mol. The van der Waals surface area contributed by atoms with Crippen molar-refractivity contribution in [3.8, 4) is 0 Å². The fourth-order valence-electron chi connectivity index (χ4n) is 2.42. The predicted octanol–water partition coefficient (Wildman–Crippen LogP) is 2.70. The molecule has 0 saturated carbocycles. The fraction of sp³-hybridized carbons (Fsp3) is 0.625. The van der Waals surface area contributed by atoms with Gasteiger partial charge in [0.1, 0.15) is 11.4 Å². The van der Waals surface area contributed by atoms with Gasteiger partial charge in [-0.2, -0.15) is 0 Å². The zero-order valence-electron chi connectivity index (χ0n) is 13.4. The van der Waals surface area contributed by atoms with Gasteiger partial charge in [-0.3, -0.25) is 0 Å². The van der Waals surface area contributed by atoms with E-state index in [1.165, 1.54) is 5.56 Å². The zero-order chi connectivity index (χ0) is 15.5. The lowest BCUT2D eigenvalue weighted by molar-refractivity contribution is 0.0240. The zero-order valence-corrected chi connectivity index (χ0v) is 13.4. The molecule has 1 amide bonds. The second-order valence-electron chi connectivity index (χ2n) is 6.29. The number of hydrogen-bond donors (Lipinski definition) is 0. The van der Waals surface area contributed by atoms with E-state index in [2.05, 4.69) is 22.9 Å². The first kappa shape index (κ1) is 15.6. The van der Waals surface area contributed by atoms with Crippen LogP contribution in [0, 0.1) is 0 Å². The number of carbonyl (C=O) groups excluding carboxylic acids is 1. The first-order chi connectivity index (χ1) is 9.90. The molecule has 2 heterocycles. The molecule has 0 atom stereocenters. The van der Waals surface area contributed by atoms with Crippen LogP contribution in [0.3, 0.4) is 0 Å². The van der Waals surface area contributed by atoms with E-state index in [0.717, 1.165) is 25.3 Å². The lowest BCUT2D eigenvalue weighted by atomic mass is 10.2. The van der Waals surface area contributed by atoms with Crippen LogP contribution < -0.4 is 4.90 Å². The lowest BCUT2D eigenvalue weighted by Crippen LogP contribution is -2.50. The van der Waals surface area contributed by atoms with Gasteiger partial charge in [0.15, 0.2) is 0 Å². The third kappa shape index (κ3) is 4.09. The summed E-state index contributed by atoms with van der Waals surface area (Å²) in [6, 6.07) is 4.09. The predicted molar refractivity (Wildman–Crippen MR) is 83.6 cm³/mol. The van der Waals surface area contributed by atoms with Gasteiger partial charge >= 0.3 is 6.09 Å². The van der Waals surface area contributed by atoms with Crippen molar-refractivity contribution < 1.29 is 9.53 Å². The van der Waals surface area contributed by atoms with E-state index in [1.807, 2.05) is 33.0 Å². The molecule has 5 heteroatoms. The molecule has 0 unspecified atom stereocenters. The van der Waals surface area contributed by atoms with Gasteiger partial charge in [0, 0.05) is 32.4 Å². The summed E-state index contributed by atoms with van der Waals surface area (Å²) >= 11 is 0. The maximum Gasteiger partial charge on any atom is 0.410 e. The highest BCUT2D eigenvalue weighted by Gasteiger charge is 2.26. The summed E-state index contributed by atoms with van der Waals surface area (Å²) in [5.74, 6) is 1.05. The molecule has 2 rings (SSSR count). The highest BCUT2D eigenvalue weighted by molar-refractivity contribution is 5.68. The van der Waals surface area contributed by atoms with Crippen LogP contribution in [0.15, 0.2) is 18.3 Å². The molecule has 0 aliphatic carbocycles. The second-order valence-corrected chi connectivity index (χ2v) is 6.29. The Morgan fingerprint density at radius 3 is 2.52 bits per heavy atom. The minimum absolute atomic E-state index is 0.223. The average molecular weight is 291 g/mol. The number of carbonyl (C=O) groups is 1. The number of amides is 1. The van der Waals surface area contributed by atoms with Gasteiger partial charge in [-0.1, -0.05) is 13.0 Å². The highest BCUT2D eigenvalue weighted by atomic mass is 16.6. The summed E-state index contributed by atoms with van der Waals surface area (Å²) in [6.07, 6.45) is 2.57. The molecule has 0 radical (unpaired) electrons. The Labute approximate surface area is 126 Å². The summed E-state index contributed by atoms with van der Waals surface area (Å²) in [5, 5.41) is 0. The maximum atomic E-state index is 12.0. The minimum atomic E-state index is -0.440. The first-order valence-corrected chi connectivity index (χ1v) is 7.57. The van der Waals surface area contributed by atoms with Crippen LogP contribution in [-0.2, 0) is 11.2 Å². The van der Waals surface area contributed by atoms with E-state index < -0.39 is 5.60 Å². The first-order valence-electron chi connectivity index (χ1n) is 7.57. The summed E-state index contributed by atoms with van der Waals surface area (Å²) in [5.41, 5.74) is 0.813. The number of pyridine rings is 1. The van der Waals surface area contributed by atoms with Gasteiger partial charge in [0.2, 0.25) is 0 Å². The highest BCUT2D eigenvalue weighted by Crippen LogP contribution is 2.20. The third-order valence-electron chi connectivity index (χ3n) is 3.48. The number of nitrogens with zero attached hydrogens (tertiary/aromatic N) is 3. The van der Waals surface area contributed by atoms with Gasteiger partial charge in [0.05, 0.1) is 0 Å². The van der Waals surface area contributed by atoms with Crippen molar-refractivity contribution in [2.75, 3.05) is 31.1 Å². The van der Waals surface area contributed by atoms with Crippen molar-refractivity contribution in [1.82, 2.24) is 9.88 Å². The van der Waals surface area contributed by atoms with Crippen LogP contribution in [-0.4, -0.2) is 47.8 Å². The Bertz CT molecular complexity index is 489. The third-order valence-corrected chi connectivity index (χ3v) is 3.48. The molecule has 5 nitrogen and oxygen atoms in total. The van der Waals surface area contributed by atoms with E-state index in [0.29, 0.717) is 13.1 Å². The normalized spacial score (nSPS) is 16.0. The molecular weight excluding hydrogens is 266 g/mol. The molecule has 1 fully saturated rings. The smallest absolute Gasteiger partial charge is 0.410 e. The summed E-state index contributed by atoms with van der Waals surface area (Å²) in [6.45, 7) is 10.8. The minimum Gasteiger partial charge on any atom is -0.444 e. The molecule has 1 aliphatic rings. The Morgan fingerprint density at radius 2 is 1.95 bits per heavy atom. The Hall–Kier alpha value is -1.78. The molecule has 0 bridgehead atoms. The van der Waals surface area contributed by atoms with Crippen molar-refractivity contribution in [1.29, 1.82) is 0 Å². The standard InChI is InChI=1S/C16H25N3O2/c1-5-13-7-6-8-17-14(13)18-9-11-19(12-10-18)15(20)21-16(2,3)4/h6-8H,5,9-12H2,1-4H3. The quantitative estimate of drug-likeness (QED) is 0.840. The molecule has 21 heavy (non-hydrogen) atoms. The summed E-state index contributed by atoms with van der Waals surface area (Å²) in [4.78, 5) is 20.6. The largest absolute Gasteiger partial charge is 0.444 e. The molecule has 1 saturated heterocycles. The average Bonchev–Trinajstić information content (AvgIpc) is 2.45. The van der Waals surface area contributed by atoms with Gasteiger partial charge < -0.3 is 14.5 Å². The van der Waals surface area contributed by atoms with Crippen LogP contribution in [0.1, 0.15) is 33.3 Å². The van der Waals surface area contributed by atoms with Crippen molar-refractivity contribution in [3.05, 3.63) is 23.9 Å². The number of ether oxygens (including phenoxy) is 1. The van der Waals surface area contributed by atoms with E-state index in [-0.39, 0.29) is 6.09 Å². The second kappa shape index (κ2) is 6.33. The number of piperazine rings is 1. The maximum absolute atomic E-state index is 12.0. The van der Waals surface area contributed by atoms with Gasteiger partial charge in [0.25, 0.3) is 0 Å². The number of rotatable bonds is 2. The van der Waals surface area contributed by atoms with Crippen LogP contribution >= 0.6 is 0 Å². The summed E-state index contributed by atoms with van der Waals surface area (Å²) < 4.78 is 5.42. The Morgan fingerprint density at radius 1 is 1.29 bits per heavy atom. The number of aromatic nitrogens is 1. The molecule has 0 N–H and O–H groups in total. The van der Waals surface area contributed by atoms with Crippen molar-refractivity contribution in [3.63, 3.8) is 0 Å². The van der Waals surface area contributed by atoms with Crippen molar-refractivity contribution in [2.45, 2.75) is 39.7 Å². The molecule has 1 aromatic rings. The van der Waals surface area contributed by atoms with Gasteiger partial charge in [-0.25, -0.2) is 9.78 Å². The molecule has 0 spiro atoms. The van der Waals surface area contributed by atoms with Crippen molar-refractivity contribution >= 4 is 11.9 Å². The number of hydrogen-bond acceptors (Lipinski definition) is 4. The van der Waals surface area contributed by atoms with E-state index >= 15 is 0 Å². The van der Waals surface area contributed by atoms with Crippen LogP contribution in [0.5, 0.6) is 0 Å². The van der Waals surface area contributed by atoms with Crippen LogP contribution in [0.4, 0.5) is 10.6 Å². The van der Waals surface area contributed by atoms with Crippen LogP contribution in [0.25, 0.3) is 0 Å². The van der Waals surface area contributed by atoms with Crippen molar-refractivity contribution in [2.24, 2.45) is 0 Å². The van der Waals surface area contributed by atoms with Gasteiger partial charge in [-0.15, -0.1) is 0 Å². The Kier molecular flexibility index (Phi) is 4.70. The lowest BCUT2D eigenvalue weighted by Gasteiger charge is -2.36. The number of anilines is 1. The van der Waals surface area contributed by atoms with Gasteiger partial charge in [-0.05, 0) is 38.8 Å². The molecule has 1 aliphatic heterocycles. The van der Waals surface area contributed by atoms with Crippen LogP contribution in [0.2, 0.25) is 0 Å². The molecule has 116 valence electrons. The van der Waals surface area contributed by atoms with E-state index in [1.54, 1.807) is 4.90 Å². The molecule has 1 aromatic heterocycles. The topological polar surface area (TPSA) is 45.7 Å². The Balaban J connectivity index is 1.96. The number of aryl methyl sites for hydroxylation is 1. The fourth-order valence-corrected chi connectivity index (χ4v) is 2.42. The molecule has 0 aromatic carbocycles. The molecular formula is C16H25N3O2. The van der Waals surface area contributed by atoms with E-state index in [9.17, 15) is 4.79 Å². The van der Waals surface area contributed by atoms with E-state index in [4.69, 9.17) is 4.74 Å². The SMILES string of the molecule is CCc1cccnc1N1CCN(C(=O)OC(C)(C)C)CC1.